The minimum Gasteiger partial charge on any atom is -0.378 e. The van der Waals surface area contributed by atoms with E-state index in [4.69, 9.17) is 34.0 Å². The van der Waals surface area contributed by atoms with E-state index in [1.165, 1.54) is 0 Å². The van der Waals surface area contributed by atoms with Crippen LogP contribution < -0.4 is 5.73 Å². The van der Waals surface area contributed by atoms with Gasteiger partial charge in [0.05, 0.1) is 0 Å². The van der Waals surface area contributed by atoms with Crippen molar-refractivity contribution in [1.29, 1.82) is 0 Å². The molecule has 1 aromatic rings. The van der Waals surface area contributed by atoms with Crippen LogP contribution in [0, 0.1) is 0 Å². The van der Waals surface area contributed by atoms with Crippen molar-refractivity contribution in [1.82, 2.24) is 0 Å². The summed E-state index contributed by atoms with van der Waals surface area (Å²) < 4.78 is 0. The minimum atomic E-state index is -0.914. The van der Waals surface area contributed by atoms with Crippen LogP contribution in [0.1, 0.15) is 5.56 Å². The van der Waals surface area contributed by atoms with Gasteiger partial charge >= 0.3 is 0 Å². The SMILES string of the molecule is NC(O)Cc1c(Cl)cccc1Cl. The molecule has 4 heteroatoms. The van der Waals surface area contributed by atoms with E-state index in [0.717, 1.165) is 0 Å². The molecular formula is C8H9Cl2NO. The zero-order valence-electron chi connectivity index (χ0n) is 6.30. The van der Waals surface area contributed by atoms with Gasteiger partial charge in [-0.25, -0.2) is 0 Å². The highest BCUT2D eigenvalue weighted by Gasteiger charge is 2.07. The lowest BCUT2D eigenvalue weighted by Crippen LogP contribution is -2.21. The molecule has 0 aliphatic heterocycles. The van der Waals surface area contributed by atoms with Crippen molar-refractivity contribution in [2.75, 3.05) is 0 Å². The normalized spacial score (nSPS) is 13.0. The van der Waals surface area contributed by atoms with Gasteiger partial charge in [0.25, 0.3) is 0 Å². The quantitative estimate of drug-likeness (QED) is 0.725. The first-order valence-electron chi connectivity index (χ1n) is 3.48. The van der Waals surface area contributed by atoms with E-state index in [9.17, 15) is 0 Å². The Morgan fingerprint density at radius 3 is 2.25 bits per heavy atom. The molecule has 1 aromatic carbocycles. The molecule has 1 atom stereocenters. The lowest BCUT2D eigenvalue weighted by atomic mass is 10.1. The predicted molar refractivity (Wildman–Crippen MR) is 50.4 cm³/mol. The van der Waals surface area contributed by atoms with Crippen molar-refractivity contribution < 1.29 is 5.11 Å². The average molecular weight is 206 g/mol. The Morgan fingerprint density at radius 1 is 1.33 bits per heavy atom. The fourth-order valence-electron chi connectivity index (χ4n) is 0.936. The zero-order valence-corrected chi connectivity index (χ0v) is 7.81. The monoisotopic (exact) mass is 205 g/mol. The van der Waals surface area contributed by atoms with Crippen LogP contribution in [0.15, 0.2) is 18.2 Å². The molecule has 1 unspecified atom stereocenters. The Kier molecular flexibility index (Phi) is 3.35. The standard InChI is InChI=1S/C8H9Cl2NO/c9-6-2-1-3-7(10)5(6)4-8(11)12/h1-3,8,12H,4,11H2. The number of halogens is 2. The third-order valence-electron chi connectivity index (χ3n) is 1.47. The predicted octanol–water partition coefficient (Wildman–Crippen LogP) is 1.81. The van der Waals surface area contributed by atoms with Gasteiger partial charge in [-0.1, -0.05) is 29.3 Å². The van der Waals surface area contributed by atoms with E-state index >= 15 is 0 Å². The highest BCUT2D eigenvalue weighted by atomic mass is 35.5. The molecule has 12 heavy (non-hydrogen) atoms. The third kappa shape index (κ3) is 2.35. The van der Waals surface area contributed by atoms with Gasteiger partial charge in [-0.15, -0.1) is 0 Å². The first-order valence-corrected chi connectivity index (χ1v) is 4.23. The smallest absolute Gasteiger partial charge is 0.106 e. The second-order valence-corrected chi connectivity index (χ2v) is 3.29. The number of hydrogen-bond donors (Lipinski definition) is 2. The third-order valence-corrected chi connectivity index (χ3v) is 2.18. The first kappa shape index (κ1) is 9.81. The van der Waals surface area contributed by atoms with Crippen molar-refractivity contribution >= 4 is 23.2 Å². The minimum absolute atomic E-state index is 0.276. The van der Waals surface area contributed by atoms with Crippen LogP contribution in [-0.4, -0.2) is 11.3 Å². The molecular weight excluding hydrogens is 197 g/mol. The lowest BCUT2D eigenvalue weighted by molar-refractivity contribution is 0.183. The summed E-state index contributed by atoms with van der Waals surface area (Å²) in [7, 11) is 0. The summed E-state index contributed by atoms with van der Waals surface area (Å²) in [6, 6.07) is 5.17. The molecule has 0 radical (unpaired) electrons. The topological polar surface area (TPSA) is 46.2 Å². The molecule has 3 N–H and O–H groups in total. The summed E-state index contributed by atoms with van der Waals surface area (Å²) in [6.07, 6.45) is -0.638. The Labute approximate surface area is 80.9 Å². The number of hydrogen-bond acceptors (Lipinski definition) is 2. The molecule has 0 spiro atoms. The molecule has 66 valence electrons. The fraction of sp³-hybridized carbons (Fsp3) is 0.250. The van der Waals surface area contributed by atoms with Gasteiger partial charge < -0.3 is 10.8 Å². The summed E-state index contributed by atoms with van der Waals surface area (Å²) in [4.78, 5) is 0. The Balaban J connectivity index is 2.96. The molecule has 0 fully saturated rings. The Morgan fingerprint density at radius 2 is 1.83 bits per heavy atom. The number of aliphatic hydroxyl groups excluding tert-OH is 1. The maximum Gasteiger partial charge on any atom is 0.106 e. The first-order chi connectivity index (χ1) is 5.61. The average Bonchev–Trinajstić information content (AvgIpc) is 1.97. The number of nitrogens with two attached hydrogens (primary N) is 1. The molecule has 1 rings (SSSR count). The summed E-state index contributed by atoms with van der Waals surface area (Å²) in [6.45, 7) is 0. The maximum atomic E-state index is 8.92. The molecule has 0 aromatic heterocycles. The van der Waals surface area contributed by atoms with Crippen LogP contribution >= 0.6 is 23.2 Å². The second-order valence-electron chi connectivity index (χ2n) is 2.47. The number of aliphatic hydroxyl groups is 1. The van der Waals surface area contributed by atoms with Crippen LogP contribution in [0.4, 0.5) is 0 Å². The highest BCUT2D eigenvalue weighted by Crippen LogP contribution is 2.24. The summed E-state index contributed by atoms with van der Waals surface area (Å²) >= 11 is 11.6. The van der Waals surface area contributed by atoms with Crippen molar-refractivity contribution in [3.8, 4) is 0 Å². The van der Waals surface area contributed by atoms with Gasteiger partial charge in [0, 0.05) is 16.5 Å². The van der Waals surface area contributed by atoms with Crippen molar-refractivity contribution in [2.24, 2.45) is 5.73 Å². The molecule has 0 bridgehead atoms. The summed E-state index contributed by atoms with van der Waals surface area (Å²) in [5.74, 6) is 0. The van der Waals surface area contributed by atoms with Crippen LogP contribution in [-0.2, 0) is 6.42 Å². The zero-order chi connectivity index (χ0) is 9.14. The van der Waals surface area contributed by atoms with Crippen LogP contribution in [0.25, 0.3) is 0 Å². The van der Waals surface area contributed by atoms with Gasteiger partial charge in [0.1, 0.15) is 6.23 Å². The van der Waals surface area contributed by atoms with Gasteiger partial charge in [-0.2, -0.15) is 0 Å². The summed E-state index contributed by atoms with van der Waals surface area (Å²) in [5.41, 5.74) is 5.89. The highest BCUT2D eigenvalue weighted by molar-refractivity contribution is 6.35. The molecule has 0 saturated heterocycles. The largest absolute Gasteiger partial charge is 0.378 e. The van der Waals surface area contributed by atoms with Gasteiger partial charge in [-0.3, -0.25) is 0 Å². The van der Waals surface area contributed by atoms with E-state index < -0.39 is 6.23 Å². The number of benzene rings is 1. The van der Waals surface area contributed by atoms with Gasteiger partial charge in [0.15, 0.2) is 0 Å². The van der Waals surface area contributed by atoms with Crippen molar-refractivity contribution in [2.45, 2.75) is 12.6 Å². The van der Waals surface area contributed by atoms with Crippen molar-refractivity contribution in [3.63, 3.8) is 0 Å². The van der Waals surface area contributed by atoms with Gasteiger partial charge in [0.2, 0.25) is 0 Å². The van der Waals surface area contributed by atoms with E-state index in [2.05, 4.69) is 0 Å². The van der Waals surface area contributed by atoms with Crippen LogP contribution in [0.5, 0.6) is 0 Å². The maximum absolute atomic E-state index is 8.92. The Hall–Kier alpha value is -0.280. The molecule has 2 nitrogen and oxygen atoms in total. The fourth-order valence-corrected chi connectivity index (χ4v) is 1.49. The molecule has 0 aliphatic rings. The number of rotatable bonds is 2. The van der Waals surface area contributed by atoms with E-state index in [1.54, 1.807) is 18.2 Å². The van der Waals surface area contributed by atoms with E-state index in [1.807, 2.05) is 0 Å². The molecule has 0 aliphatic carbocycles. The van der Waals surface area contributed by atoms with Crippen LogP contribution in [0.2, 0.25) is 10.0 Å². The molecule has 0 amide bonds. The lowest BCUT2D eigenvalue weighted by Gasteiger charge is -2.08. The molecule has 0 saturated carbocycles. The van der Waals surface area contributed by atoms with E-state index in [-0.39, 0.29) is 6.42 Å². The van der Waals surface area contributed by atoms with Crippen LogP contribution in [0.3, 0.4) is 0 Å². The second kappa shape index (κ2) is 4.10. The molecule has 0 heterocycles. The van der Waals surface area contributed by atoms with Gasteiger partial charge in [-0.05, 0) is 17.7 Å². The Bertz CT molecular complexity index is 256. The summed E-state index contributed by atoms with van der Waals surface area (Å²) in [5, 5.41) is 9.98. The van der Waals surface area contributed by atoms with Crippen molar-refractivity contribution in [3.05, 3.63) is 33.8 Å². The van der Waals surface area contributed by atoms with E-state index in [0.29, 0.717) is 15.6 Å².